The predicted octanol–water partition coefficient (Wildman–Crippen LogP) is 2.41. The van der Waals surface area contributed by atoms with Gasteiger partial charge in [0.25, 0.3) is 5.91 Å². The SMILES string of the molecule is Cc1c(-c2ccc(OCCC(C)C)cc2)n[nH]c1C(=O)NN. The number of hydrazine groups is 1. The van der Waals surface area contributed by atoms with Crippen molar-refractivity contribution in [3.63, 3.8) is 0 Å². The second kappa shape index (κ2) is 7.09. The average Bonchev–Trinajstić information content (AvgIpc) is 2.88. The van der Waals surface area contributed by atoms with Crippen LogP contribution >= 0.6 is 0 Å². The summed E-state index contributed by atoms with van der Waals surface area (Å²) in [5, 5.41) is 6.90. The first-order valence-electron chi connectivity index (χ1n) is 7.32. The van der Waals surface area contributed by atoms with Gasteiger partial charge in [0.15, 0.2) is 0 Å². The molecule has 4 N–H and O–H groups in total. The van der Waals surface area contributed by atoms with E-state index in [0.29, 0.717) is 18.2 Å². The summed E-state index contributed by atoms with van der Waals surface area (Å²) < 4.78 is 5.69. The average molecular weight is 302 g/mol. The fourth-order valence-electron chi connectivity index (χ4n) is 2.09. The van der Waals surface area contributed by atoms with Gasteiger partial charge in [-0.15, -0.1) is 0 Å². The number of carbonyl (C=O) groups excluding carboxylic acids is 1. The van der Waals surface area contributed by atoms with Crippen LogP contribution < -0.4 is 16.0 Å². The number of amides is 1. The summed E-state index contributed by atoms with van der Waals surface area (Å²) in [5.41, 5.74) is 4.88. The number of aromatic amines is 1. The van der Waals surface area contributed by atoms with Gasteiger partial charge in [0.05, 0.1) is 12.3 Å². The largest absolute Gasteiger partial charge is 0.494 e. The van der Waals surface area contributed by atoms with Crippen molar-refractivity contribution in [2.75, 3.05) is 6.61 Å². The van der Waals surface area contributed by atoms with Crippen molar-refractivity contribution >= 4 is 5.91 Å². The number of rotatable bonds is 6. The third-order valence-corrected chi connectivity index (χ3v) is 3.46. The van der Waals surface area contributed by atoms with E-state index in [4.69, 9.17) is 10.6 Å². The molecule has 0 bridgehead atoms. The normalized spacial score (nSPS) is 10.8. The second-order valence-corrected chi connectivity index (χ2v) is 5.60. The molecule has 118 valence electrons. The quantitative estimate of drug-likeness (QED) is 0.434. The fourth-order valence-corrected chi connectivity index (χ4v) is 2.09. The Hall–Kier alpha value is -2.34. The van der Waals surface area contributed by atoms with E-state index >= 15 is 0 Å². The lowest BCUT2D eigenvalue weighted by Gasteiger charge is -2.08. The van der Waals surface area contributed by atoms with Crippen LogP contribution in [0.4, 0.5) is 0 Å². The van der Waals surface area contributed by atoms with Gasteiger partial charge < -0.3 is 4.74 Å². The first kappa shape index (κ1) is 16.0. The number of benzene rings is 1. The molecule has 6 nitrogen and oxygen atoms in total. The Kier molecular flexibility index (Phi) is 5.16. The second-order valence-electron chi connectivity index (χ2n) is 5.60. The number of ether oxygens (including phenoxy) is 1. The van der Waals surface area contributed by atoms with Crippen LogP contribution in [0.15, 0.2) is 24.3 Å². The summed E-state index contributed by atoms with van der Waals surface area (Å²) in [6, 6.07) is 7.68. The van der Waals surface area contributed by atoms with E-state index in [1.54, 1.807) is 0 Å². The molecule has 1 aromatic carbocycles. The highest BCUT2D eigenvalue weighted by Gasteiger charge is 2.15. The summed E-state index contributed by atoms with van der Waals surface area (Å²) in [7, 11) is 0. The number of carbonyl (C=O) groups is 1. The Morgan fingerprint density at radius 1 is 1.36 bits per heavy atom. The maximum absolute atomic E-state index is 11.6. The molecule has 0 radical (unpaired) electrons. The van der Waals surface area contributed by atoms with E-state index in [9.17, 15) is 4.79 Å². The summed E-state index contributed by atoms with van der Waals surface area (Å²) in [6.07, 6.45) is 1.03. The van der Waals surface area contributed by atoms with Crippen molar-refractivity contribution < 1.29 is 9.53 Å². The minimum atomic E-state index is -0.384. The maximum atomic E-state index is 11.6. The lowest BCUT2D eigenvalue weighted by Crippen LogP contribution is -2.30. The number of aromatic nitrogens is 2. The molecular weight excluding hydrogens is 280 g/mol. The Morgan fingerprint density at radius 2 is 2.05 bits per heavy atom. The Morgan fingerprint density at radius 3 is 2.64 bits per heavy atom. The first-order valence-corrected chi connectivity index (χ1v) is 7.32. The zero-order valence-corrected chi connectivity index (χ0v) is 13.1. The van der Waals surface area contributed by atoms with Gasteiger partial charge in [-0.25, -0.2) is 5.84 Å². The molecule has 6 heteroatoms. The molecule has 0 atom stereocenters. The third kappa shape index (κ3) is 3.65. The number of hydrogen-bond donors (Lipinski definition) is 3. The van der Waals surface area contributed by atoms with Crippen molar-refractivity contribution in [1.82, 2.24) is 15.6 Å². The minimum Gasteiger partial charge on any atom is -0.494 e. The van der Waals surface area contributed by atoms with Gasteiger partial charge in [-0.05, 0) is 43.5 Å². The third-order valence-electron chi connectivity index (χ3n) is 3.46. The van der Waals surface area contributed by atoms with Crippen LogP contribution in [0.5, 0.6) is 5.75 Å². The van der Waals surface area contributed by atoms with E-state index < -0.39 is 0 Å². The molecule has 0 saturated carbocycles. The molecule has 0 aliphatic rings. The molecule has 2 aromatic rings. The number of nitrogen functional groups attached to an aromatic ring is 1. The van der Waals surface area contributed by atoms with Gasteiger partial charge >= 0.3 is 0 Å². The minimum absolute atomic E-state index is 0.370. The van der Waals surface area contributed by atoms with Crippen LogP contribution in [0.3, 0.4) is 0 Å². The zero-order valence-electron chi connectivity index (χ0n) is 13.1. The first-order chi connectivity index (χ1) is 10.5. The smallest absolute Gasteiger partial charge is 0.283 e. The van der Waals surface area contributed by atoms with Crippen molar-refractivity contribution in [3.05, 3.63) is 35.5 Å². The molecule has 0 aliphatic carbocycles. The highest BCUT2D eigenvalue weighted by atomic mass is 16.5. The summed E-state index contributed by atoms with van der Waals surface area (Å²) in [6.45, 7) is 6.87. The number of nitrogens with one attached hydrogen (secondary N) is 2. The van der Waals surface area contributed by atoms with Crippen LogP contribution in [0, 0.1) is 12.8 Å². The molecular formula is C16H22N4O2. The zero-order chi connectivity index (χ0) is 16.1. The van der Waals surface area contributed by atoms with Gasteiger partial charge in [-0.1, -0.05) is 13.8 Å². The lowest BCUT2D eigenvalue weighted by molar-refractivity contribution is 0.0948. The molecule has 0 fully saturated rings. The van der Waals surface area contributed by atoms with Crippen molar-refractivity contribution in [1.29, 1.82) is 0 Å². The van der Waals surface area contributed by atoms with E-state index in [1.807, 2.05) is 31.2 Å². The van der Waals surface area contributed by atoms with Gasteiger partial charge in [-0.2, -0.15) is 5.10 Å². The molecule has 0 saturated heterocycles. The Bertz CT molecular complexity index is 632. The van der Waals surface area contributed by atoms with Crippen LogP contribution in [0.25, 0.3) is 11.3 Å². The van der Waals surface area contributed by atoms with Gasteiger partial charge in [0.1, 0.15) is 11.4 Å². The van der Waals surface area contributed by atoms with Crippen LogP contribution in [0.2, 0.25) is 0 Å². The molecule has 0 unspecified atom stereocenters. The molecule has 2 rings (SSSR count). The number of nitrogens with two attached hydrogens (primary N) is 1. The Balaban J connectivity index is 2.10. The van der Waals surface area contributed by atoms with Crippen molar-refractivity contribution in [2.45, 2.75) is 27.2 Å². The predicted molar refractivity (Wildman–Crippen MR) is 85.4 cm³/mol. The molecule has 0 aliphatic heterocycles. The number of hydrogen-bond acceptors (Lipinski definition) is 4. The molecule has 1 heterocycles. The standard InChI is InChI=1S/C16H22N4O2/c1-10(2)8-9-22-13-6-4-12(5-7-13)14-11(3)15(20-19-14)16(21)18-17/h4-7,10H,8-9,17H2,1-3H3,(H,18,21)(H,19,20). The topological polar surface area (TPSA) is 93.0 Å². The number of nitrogens with zero attached hydrogens (tertiary/aromatic N) is 1. The molecule has 1 amide bonds. The van der Waals surface area contributed by atoms with Crippen molar-refractivity contribution in [3.8, 4) is 17.0 Å². The van der Waals surface area contributed by atoms with Crippen LogP contribution in [-0.4, -0.2) is 22.7 Å². The Labute approximate surface area is 130 Å². The molecule has 22 heavy (non-hydrogen) atoms. The van der Waals surface area contributed by atoms with E-state index in [-0.39, 0.29) is 5.91 Å². The summed E-state index contributed by atoms with van der Waals surface area (Å²) >= 11 is 0. The fraction of sp³-hybridized carbons (Fsp3) is 0.375. The van der Waals surface area contributed by atoms with E-state index in [0.717, 1.165) is 29.0 Å². The molecule has 0 spiro atoms. The monoisotopic (exact) mass is 302 g/mol. The summed E-state index contributed by atoms with van der Waals surface area (Å²) in [5.74, 6) is 6.21. The van der Waals surface area contributed by atoms with E-state index in [1.165, 1.54) is 0 Å². The van der Waals surface area contributed by atoms with Crippen LogP contribution in [0.1, 0.15) is 36.3 Å². The van der Waals surface area contributed by atoms with Gasteiger partial charge in [-0.3, -0.25) is 15.3 Å². The lowest BCUT2D eigenvalue weighted by atomic mass is 10.1. The van der Waals surface area contributed by atoms with Crippen molar-refractivity contribution in [2.24, 2.45) is 11.8 Å². The highest BCUT2D eigenvalue weighted by Crippen LogP contribution is 2.25. The van der Waals surface area contributed by atoms with Gasteiger partial charge in [0, 0.05) is 11.1 Å². The van der Waals surface area contributed by atoms with E-state index in [2.05, 4.69) is 29.5 Å². The van der Waals surface area contributed by atoms with Gasteiger partial charge in [0.2, 0.25) is 0 Å². The highest BCUT2D eigenvalue weighted by molar-refractivity contribution is 5.94. The molecule has 1 aromatic heterocycles. The summed E-state index contributed by atoms with van der Waals surface area (Å²) in [4.78, 5) is 11.6. The van der Waals surface area contributed by atoms with Crippen LogP contribution in [-0.2, 0) is 0 Å². The number of H-pyrrole nitrogens is 1. The maximum Gasteiger partial charge on any atom is 0.283 e.